The van der Waals surface area contributed by atoms with Gasteiger partial charge in [-0.2, -0.15) is 0 Å². The zero-order valence-electron chi connectivity index (χ0n) is 12.6. The molecule has 0 aliphatic heterocycles. The topological polar surface area (TPSA) is 75.6 Å². The number of benzene rings is 1. The van der Waals surface area contributed by atoms with Gasteiger partial charge in [-0.05, 0) is 24.1 Å². The molecule has 2 atom stereocenters. The Morgan fingerprint density at radius 3 is 2.48 bits per heavy atom. The van der Waals surface area contributed by atoms with Gasteiger partial charge in [0.1, 0.15) is 11.8 Å². The minimum Gasteiger partial charge on any atom is -0.480 e. The first-order valence-corrected chi connectivity index (χ1v) is 7.32. The van der Waals surface area contributed by atoms with Crippen molar-refractivity contribution in [1.29, 1.82) is 0 Å². The van der Waals surface area contributed by atoms with Gasteiger partial charge >= 0.3 is 5.97 Å². The first-order valence-electron chi connectivity index (χ1n) is 6.94. The minimum absolute atomic E-state index is 0.310. The average Bonchev–Trinajstić information content (AvgIpc) is 2.43. The smallest absolute Gasteiger partial charge is 0.326 e. The average molecular weight is 350 g/mol. The molecule has 0 aliphatic rings. The summed E-state index contributed by atoms with van der Waals surface area (Å²) in [6, 6.07) is 4.67. The van der Waals surface area contributed by atoms with Gasteiger partial charge < -0.3 is 15.2 Å². The number of carbonyl (C=O) groups excluding carboxylic acids is 1. The Morgan fingerprint density at radius 1 is 1.35 bits per heavy atom. The number of carboxylic acid groups (broad SMARTS) is 1. The van der Waals surface area contributed by atoms with Gasteiger partial charge in [-0.3, -0.25) is 4.79 Å². The Balaban J connectivity index is 2.83. The standard InChI is InChI=1S/C15H18ClF2NO4/c1-8(2)13(23-10-5-3-4-9(16)6-10)14(20)19-11(15(21)22)7-12(17)18/h3-6,8,11-13H,7H2,1-2H3,(H,19,20)(H,21,22). The van der Waals surface area contributed by atoms with Crippen molar-refractivity contribution < 1.29 is 28.2 Å². The number of nitrogens with one attached hydrogen (secondary N) is 1. The van der Waals surface area contributed by atoms with E-state index in [1.165, 1.54) is 6.07 Å². The van der Waals surface area contributed by atoms with Gasteiger partial charge in [0, 0.05) is 11.4 Å². The number of rotatable bonds is 8. The molecule has 1 aromatic carbocycles. The van der Waals surface area contributed by atoms with E-state index in [1.807, 2.05) is 0 Å². The number of halogens is 3. The number of amides is 1. The second kappa shape index (κ2) is 8.67. The Bertz CT molecular complexity index is 554. The number of aliphatic carboxylic acids is 1. The molecule has 0 fully saturated rings. The molecule has 23 heavy (non-hydrogen) atoms. The van der Waals surface area contributed by atoms with Crippen LogP contribution in [0.5, 0.6) is 5.75 Å². The van der Waals surface area contributed by atoms with Crippen molar-refractivity contribution in [1.82, 2.24) is 5.32 Å². The molecule has 2 unspecified atom stereocenters. The summed E-state index contributed by atoms with van der Waals surface area (Å²) in [5, 5.41) is 11.4. The van der Waals surface area contributed by atoms with Crippen LogP contribution in [0.15, 0.2) is 24.3 Å². The zero-order valence-corrected chi connectivity index (χ0v) is 13.4. The van der Waals surface area contributed by atoms with Crippen molar-refractivity contribution in [2.45, 2.75) is 38.8 Å². The zero-order chi connectivity index (χ0) is 17.6. The van der Waals surface area contributed by atoms with Gasteiger partial charge in [-0.1, -0.05) is 31.5 Å². The molecule has 1 aromatic rings. The molecule has 1 rings (SSSR count). The number of hydrogen-bond acceptors (Lipinski definition) is 3. The predicted octanol–water partition coefficient (Wildman–Crippen LogP) is 2.97. The Labute approximate surface area is 137 Å². The maximum Gasteiger partial charge on any atom is 0.326 e. The lowest BCUT2D eigenvalue weighted by Crippen LogP contribution is -2.49. The first kappa shape index (κ1) is 19.2. The van der Waals surface area contributed by atoms with Crippen LogP contribution in [-0.4, -0.2) is 35.6 Å². The SMILES string of the molecule is CC(C)C(Oc1cccc(Cl)c1)C(=O)NC(CC(F)F)C(=O)O. The highest BCUT2D eigenvalue weighted by Gasteiger charge is 2.30. The van der Waals surface area contributed by atoms with Crippen molar-refractivity contribution in [3.8, 4) is 5.75 Å². The number of hydrogen-bond donors (Lipinski definition) is 2. The lowest BCUT2D eigenvalue weighted by Gasteiger charge is -2.24. The monoisotopic (exact) mass is 349 g/mol. The molecular weight excluding hydrogens is 332 g/mol. The largest absolute Gasteiger partial charge is 0.480 e. The third-order valence-corrected chi connectivity index (χ3v) is 3.19. The molecule has 1 amide bonds. The van der Waals surface area contributed by atoms with Crippen LogP contribution in [0.2, 0.25) is 5.02 Å². The molecule has 0 heterocycles. The van der Waals surface area contributed by atoms with Crippen LogP contribution in [0.4, 0.5) is 8.78 Å². The van der Waals surface area contributed by atoms with Gasteiger partial charge in [0.15, 0.2) is 6.10 Å². The third-order valence-electron chi connectivity index (χ3n) is 2.95. The summed E-state index contributed by atoms with van der Waals surface area (Å²) >= 11 is 5.83. The van der Waals surface area contributed by atoms with E-state index in [0.717, 1.165) is 0 Å². The molecule has 0 spiro atoms. The summed E-state index contributed by atoms with van der Waals surface area (Å²) in [5.41, 5.74) is 0. The first-order chi connectivity index (χ1) is 10.7. The summed E-state index contributed by atoms with van der Waals surface area (Å²) < 4.78 is 30.3. The Morgan fingerprint density at radius 2 is 2.00 bits per heavy atom. The highest BCUT2D eigenvalue weighted by molar-refractivity contribution is 6.30. The van der Waals surface area contributed by atoms with E-state index >= 15 is 0 Å². The maximum atomic E-state index is 12.4. The fourth-order valence-corrected chi connectivity index (χ4v) is 2.01. The van der Waals surface area contributed by atoms with E-state index in [1.54, 1.807) is 32.0 Å². The second-order valence-corrected chi connectivity index (χ2v) is 5.70. The highest BCUT2D eigenvalue weighted by atomic mass is 35.5. The molecule has 0 radical (unpaired) electrons. The molecule has 8 heteroatoms. The van der Waals surface area contributed by atoms with Crippen LogP contribution >= 0.6 is 11.6 Å². The summed E-state index contributed by atoms with van der Waals surface area (Å²) in [7, 11) is 0. The van der Waals surface area contributed by atoms with Crippen molar-refractivity contribution >= 4 is 23.5 Å². The second-order valence-electron chi connectivity index (χ2n) is 5.27. The molecular formula is C15H18ClF2NO4. The van der Waals surface area contributed by atoms with Crippen LogP contribution in [0, 0.1) is 5.92 Å². The lowest BCUT2D eigenvalue weighted by molar-refractivity contribution is -0.144. The van der Waals surface area contributed by atoms with Gasteiger partial charge in [0.2, 0.25) is 6.43 Å². The summed E-state index contributed by atoms with van der Waals surface area (Å²) in [5.74, 6) is -2.28. The van der Waals surface area contributed by atoms with Crippen LogP contribution in [0.1, 0.15) is 20.3 Å². The number of carbonyl (C=O) groups is 2. The van der Waals surface area contributed by atoms with E-state index in [4.69, 9.17) is 21.4 Å². The summed E-state index contributed by atoms with van der Waals surface area (Å²) in [6.45, 7) is 3.38. The number of alkyl halides is 2. The van der Waals surface area contributed by atoms with Gasteiger partial charge in [0.25, 0.3) is 5.91 Å². The van der Waals surface area contributed by atoms with E-state index in [0.29, 0.717) is 10.8 Å². The Hall–Kier alpha value is -1.89. The van der Waals surface area contributed by atoms with Crippen molar-refractivity contribution in [3.05, 3.63) is 29.3 Å². The summed E-state index contributed by atoms with van der Waals surface area (Å²) in [6.07, 6.45) is -4.85. The fourth-order valence-electron chi connectivity index (χ4n) is 1.83. The molecule has 0 saturated heterocycles. The molecule has 0 aromatic heterocycles. The quantitative estimate of drug-likeness (QED) is 0.756. The van der Waals surface area contributed by atoms with E-state index in [2.05, 4.69) is 5.32 Å². The fraction of sp³-hybridized carbons (Fsp3) is 0.467. The lowest BCUT2D eigenvalue weighted by atomic mass is 10.1. The van der Waals surface area contributed by atoms with E-state index < -0.39 is 36.9 Å². The van der Waals surface area contributed by atoms with Crippen molar-refractivity contribution in [2.75, 3.05) is 0 Å². The number of ether oxygens (including phenoxy) is 1. The molecule has 2 N–H and O–H groups in total. The predicted molar refractivity (Wildman–Crippen MR) is 80.9 cm³/mol. The van der Waals surface area contributed by atoms with Gasteiger partial charge in [-0.25, -0.2) is 13.6 Å². The molecule has 0 aliphatic carbocycles. The molecule has 0 bridgehead atoms. The van der Waals surface area contributed by atoms with Crippen molar-refractivity contribution in [2.24, 2.45) is 5.92 Å². The van der Waals surface area contributed by atoms with Crippen LogP contribution in [0.25, 0.3) is 0 Å². The molecule has 0 saturated carbocycles. The summed E-state index contributed by atoms with van der Waals surface area (Å²) in [4.78, 5) is 23.2. The third kappa shape index (κ3) is 6.40. The molecule has 128 valence electrons. The number of carboxylic acids is 1. The van der Waals surface area contributed by atoms with Gasteiger partial charge in [0.05, 0.1) is 0 Å². The molecule has 5 nitrogen and oxygen atoms in total. The van der Waals surface area contributed by atoms with Crippen molar-refractivity contribution in [3.63, 3.8) is 0 Å². The highest BCUT2D eigenvalue weighted by Crippen LogP contribution is 2.20. The minimum atomic E-state index is -2.84. The van der Waals surface area contributed by atoms with E-state index in [-0.39, 0.29) is 5.92 Å². The van der Waals surface area contributed by atoms with Crippen LogP contribution in [-0.2, 0) is 9.59 Å². The van der Waals surface area contributed by atoms with Crippen LogP contribution in [0.3, 0.4) is 0 Å². The normalized spacial score (nSPS) is 13.7. The van der Waals surface area contributed by atoms with E-state index in [9.17, 15) is 18.4 Å². The Kier molecular flexibility index (Phi) is 7.22. The van der Waals surface area contributed by atoms with Crippen LogP contribution < -0.4 is 10.1 Å². The van der Waals surface area contributed by atoms with Gasteiger partial charge in [-0.15, -0.1) is 0 Å². The maximum absolute atomic E-state index is 12.4.